The van der Waals surface area contributed by atoms with Gasteiger partial charge in [-0.15, -0.1) is 0 Å². The number of carbonyl (C=O) groups excluding carboxylic acids is 1. The Morgan fingerprint density at radius 2 is 1.97 bits per heavy atom. The van der Waals surface area contributed by atoms with Crippen molar-refractivity contribution < 1.29 is 23.1 Å². The van der Waals surface area contributed by atoms with Crippen LogP contribution < -0.4 is 4.74 Å². The third kappa shape index (κ3) is 6.03. The fourth-order valence-electron chi connectivity index (χ4n) is 3.49. The molecule has 0 aliphatic carbocycles. The van der Waals surface area contributed by atoms with Gasteiger partial charge in [0.2, 0.25) is 5.91 Å². The molecule has 0 N–H and O–H groups in total. The molecule has 1 amide bonds. The second-order valence-electron chi connectivity index (χ2n) is 8.92. The Labute approximate surface area is 181 Å². The number of amides is 1. The lowest BCUT2D eigenvalue weighted by atomic mass is 9.91. The first-order valence-corrected chi connectivity index (χ1v) is 10.2. The molecular weight excluding hydrogens is 402 g/mol. The Kier molecular flexibility index (Phi) is 6.93. The molecule has 3 rings (SSSR count). The van der Waals surface area contributed by atoms with Crippen LogP contribution in [-0.4, -0.2) is 36.3 Å². The molecule has 2 aromatic rings. The normalized spacial score (nSPS) is 15.9. The fourth-order valence-corrected chi connectivity index (χ4v) is 3.49. The summed E-state index contributed by atoms with van der Waals surface area (Å²) in [6.07, 6.45) is 0.418. The number of hydrogen-bond acceptors (Lipinski definition) is 4. The van der Waals surface area contributed by atoms with Gasteiger partial charge in [0.25, 0.3) is 0 Å². The molecule has 31 heavy (non-hydrogen) atoms. The van der Waals surface area contributed by atoms with Crippen molar-refractivity contribution in [2.75, 3.05) is 13.7 Å². The summed E-state index contributed by atoms with van der Waals surface area (Å²) in [4.78, 5) is 20.2. The van der Waals surface area contributed by atoms with Gasteiger partial charge in [-0.1, -0.05) is 44.1 Å². The Hall–Kier alpha value is -2.96. The van der Waals surface area contributed by atoms with Crippen molar-refractivity contribution >= 4 is 11.6 Å². The molecule has 5 nitrogen and oxygen atoms in total. The largest absolute Gasteiger partial charge is 0.496 e. The number of rotatable bonds is 7. The SMILES string of the molecule is COc1ccccc1C1=NO[C@H](CN(Cc2ccc(F)cc2F)C(=O)CC(C)(C)C)C1. The molecule has 0 bridgehead atoms. The first-order valence-electron chi connectivity index (χ1n) is 10.2. The van der Waals surface area contributed by atoms with E-state index in [4.69, 9.17) is 9.57 Å². The van der Waals surface area contributed by atoms with Crippen LogP contribution in [0.5, 0.6) is 5.75 Å². The van der Waals surface area contributed by atoms with Crippen LogP contribution in [0.25, 0.3) is 0 Å². The molecule has 0 spiro atoms. The Bertz CT molecular complexity index is 970. The average Bonchev–Trinajstić information content (AvgIpc) is 3.16. The van der Waals surface area contributed by atoms with E-state index in [9.17, 15) is 13.6 Å². The molecule has 0 saturated carbocycles. The minimum absolute atomic E-state index is 0.0326. The van der Waals surface area contributed by atoms with Crippen LogP contribution in [0.15, 0.2) is 47.6 Å². The lowest BCUT2D eigenvalue weighted by molar-refractivity contribution is -0.135. The molecule has 0 radical (unpaired) electrons. The quantitative estimate of drug-likeness (QED) is 0.626. The van der Waals surface area contributed by atoms with Crippen LogP contribution >= 0.6 is 0 Å². The second kappa shape index (κ2) is 9.45. The number of oxime groups is 1. The van der Waals surface area contributed by atoms with E-state index < -0.39 is 11.6 Å². The number of hydrogen-bond donors (Lipinski definition) is 0. The van der Waals surface area contributed by atoms with E-state index in [1.807, 2.05) is 45.0 Å². The Morgan fingerprint density at radius 3 is 2.65 bits per heavy atom. The maximum Gasteiger partial charge on any atom is 0.223 e. The molecule has 7 heteroatoms. The van der Waals surface area contributed by atoms with Gasteiger partial charge in [-0.05, 0) is 23.6 Å². The minimum Gasteiger partial charge on any atom is -0.496 e. The molecule has 1 heterocycles. The van der Waals surface area contributed by atoms with Crippen LogP contribution in [0.3, 0.4) is 0 Å². The zero-order valence-electron chi connectivity index (χ0n) is 18.3. The van der Waals surface area contributed by atoms with Crippen molar-refractivity contribution in [1.82, 2.24) is 4.90 Å². The molecule has 166 valence electrons. The number of nitrogens with zero attached hydrogens (tertiary/aromatic N) is 2. The number of methoxy groups -OCH3 is 1. The molecule has 1 aliphatic heterocycles. The fraction of sp³-hybridized carbons (Fsp3) is 0.417. The van der Waals surface area contributed by atoms with Gasteiger partial charge in [0.1, 0.15) is 17.4 Å². The summed E-state index contributed by atoms with van der Waals surface area (Å²) in [5, 5.41) is 4.19. The Balaban J connectivity index is 1.75. The van der Waals surface area contributed by atoms with Gasteiger partial charge in [0, 0.05) is 36.6 Å². The topological polar surface area (TPSA) is 51.1 Å². The maximum atomic E-state index is 14.2. The van der Waals surface area contributed by atoms with E-state index in [-0.39, 0.29) is 36.1 Å². The maximum absolute atomic E-state index is 14.2. The summed E-state index contributed by atoms with van der Waals surface area (Å²) in [6, 6.07) is 10.9. The van der Waals surface area contributed by atoms with Crippen molar-refractivity contribution in [1.29, 1.82) is 0 Å². The number of para-hydroxylation sites is 1. The molecule has 0 saturated heterocycles. The van der Waals surface area contributed by atoms with E-state index in [1.165, 1.54) is 12.1 Å². The highest BCUT2D eigenvalue weighted by Gasteiger charge is 2.30. The summed E-state index contributed by atoms with van der Waals surface area (Å²) in [7, 11) is 1.59. The van der Waals surface area contributed by atoms with Gasteiger partial charge >= 0.3 is 0 Å². The standard InChI is InChI=1S/C24H28F2N2O3/c1-24(2,3)13-23(29)28(14-16-9-10-17(25)11-20(16)26)15-18-12-21(27-31-18)19-7-5-6-8-22(19)30-4/h5-11,18H,12-15H2,1-4H3/t18-/m0/s1. The van der Waals surface area contributed by atoms with Gasteiger partial charge < -0.3 is 14.5 Å². The summed E-state index contributed by atoms with van der Waals surface area (Å²) in [5.41, 5.74) is 1.60. The van der Waals surface area contributed by atoms with Gasteiger partial charge in [-0.25, -0.2) is 8.78 Å². The van der Waals surface area contributed by atoms with Crippen LogP contribution in [0.2, 0.25) is 0 Å². The van der Waals surface area contributed by atoms with Gasteiger partial charge in [0.05, 0.1) is 19.4 Å². The number of halogens is 2. The summed E-state index contributed by atoms with van der Waals surface area (Å²) in [5.74, 6) is -0.750. The first-order chi connectivity index (χ1) is 14.7. The van der Waals surface area contributed by atoms with Crippen molar-refractivity contribution in [3.8, 4) is 5.75 Å². The third-order valence-electron chi connectivity index (χ3n) is 4.99. The smallest absolute Gasteiger partial charge is 0.223 e. The molecule has 1 aliphatic rings. The van der Waals surface area contributed by atoms with Crippen molar-refractivity contribution in [3.05, 3.63) is 65.2 Å². The summed E-state index contributed by atoms with van der Waals surface area (Å²) in [6.45, 7) is 6.18. The molecular formula is C24H28F2N2O3. The van der Waals surface area contributed by atoms with E-state index in [0.29, 0.717) is 18.6 Å². The molecule has 0 fully saturated rings. The van der Waals surface area contributed by atoms with Gasteiger partial charge in [0.15, 0.2) is 6.10 Å². The summed E-state index contributed by atoms with van der Waals surface area (Å²) >= 11 is 0. The highest BCUT2D eigenvalue weighted by molar-refractivity contribution is 6.03. The van der Waals surface area contributed by atoms with Gasteiger partial charge in [-0.3, -0.25) is 4.79 Å². The summed E-state index contributed by atoms with van der Waals surface area (Å²) < 4.78 is 32.9. The second-order valence-corrected chi connectivity index (χ2v) is 8.92. The van der Waals surface area contributed by atoms with E-state index in [0.717, 1.165) is 17.3 Å². The Morgan fingerprint density at radius 1 is 1.23 bits per heavy atom. The van der Waals surface area contributed by atoms with Crippen LogP contribution in [-0.2, 0) is 16.2 Å². The third-order valence-corrected chi connectivity index (χ3v) is 4.99. The zero-order chi connectivity index (χ0) is 22.6. The first kappa shape index (κ1) is 22.7. The lowest BCUT2D eigenvalue weighted by Gasteiger charge is -2.28. The molecule has 0 aromatic heterocycles. The monoisotopic (exact) mass is 430 g/mol. The van der Waals surface area contributed by atoms with Crippen molar-refractivity contribution in [2.24, 2.45) is 10.6 Å². The van der Waals surface area contributed by atoms with Gasteiger partial charge in [-0.2, -0.15) is 0 Å². The minimum atomic E-state index is -0.674. The average molecular weight is 430 g/mol. The van der Waals surface area contributed by atoms with Crippen molar-refractivity contribution in [2.45, 2.75) is 46.3 Å². The molecule has 2 aromatic carbocycles. The number of ether oxygens (including phenoxy) is 1. The van der Waals surface area contributed by atoms with E-state index in [1.54, 1.807) is 12.0 Å². The highest BCUT2D eigenvalue weighted by atomic mass is 19.1. The van der Waals surface area contributed by atoms with Crippen LogP contribution in [0.4, 0.5) is 8.78 Å². The van der Waals surface area contributed by atoms with Crippen molar-refractivity contribution in [3.63, 3.8) is 0 Å². The number of carbonyl (C=O) groups is 1. The zero-order valence-corrected chi connectivity index (χ0v) is 18.3. The lowest BCUT2D eigenvalue weighted by Crippen LogP contribution is -2.39. The van der Waals surface area contributed by atoms with E-state index >= 15 is 0 Å². The molecule has 0 unspecified atom stereocenters. The molecule has 1 atom stereocenters. The highest BCUT2D eigenvalue weighted by Crippen LogP contribution is 2.26. The predicted octanol–water partition coefficient (Wildman–Crippen LogP) is 4.93. The van der Waals surface area contributed by atoms with E-state index in [2.05, 4.69) is 5.16 Å². The number of benzene rings is 2. The predicted molar refractivity (Wildman–Crippen MR) is 115 cm³/mol. The van der Waals surface area contributed by atoms with Crippen LogP contribution in [0, 0.1) is 17.0 Å². The van der Waals surface area contributed by atoms with Crippen LogP contribution in [0.1, 0.15) is 44.7 Å².